The quantitative estimate of drug-likeness (QED) is 0.392. The number of aromatic nitrogens is 1. The summed E-state index contributed by atoms with van der Waals surface area (Å²) in [6.07, 6.45) is -0.0942. The Bertz CT molecular complexity index is 1690. The number of anilines is 1. The summed E-state index contributed by atoms with van der Waals surface area (Å²) in [6, 6.07) is 13.5. The zero-order valence-corrected chi connectivity index (χ0v) is 23.5. The third-order valence-electron chi connectivity index (χ3n) is 7.47. The number of halogens is 4. The highest BCUT2D eigenvalue weighted by Gasteiger charge is 2.50. The molecule has 1 amide bonds. The molecule has 0 bridgehead atoms. The molecular weight excluding hydrogens is 593 g/mol. The summed E-state index contributed by atoms with van der Waals surface area (Å²) >= 11 is 6.49. The van der Waals surface area contributed by atoms with Crippen LogP contribution in [0.25, 0.3) is 0 Å². The van der Waals surface area contributed by atoms with Gasteiger partial charge in [-0.05, 0) is 47.9 Å². The summed E-state index contributed by atoms with van der Waals surface area (Å²) in [5.41, 5.74) is 0.366. The number of nitriles is 1. The minimum Gasteiger partial charge on any atom is -0.352 e. The Morgan fingerprint density at radius 2 is 1.83 bits per heavy atom. The van der Waals surface area contributed by atoms with Gasteiger partial charge in [-0.1, -0.05) is 41.9 Å². The Morgan fingerprint density at radius 3 is 2.50 bits per heavy atom. The molecule has 1 aromatic heterocycles. The SMILES string of the molecule is N#Cc1ccnc(N2[C@H](C(=O)C(c3cccc(F)c3)[C@H](C(=O)NC3CC(F)(F)C3)c3ccccc3Cl)CCS2(=O)=O)c1. The number of carbonyl (C=O) groups excluding carboxylic acids is 2. The first-order valence-corrected chi connectivity index (χ1v) is 15.0. The van der Waals surface area contributed by atoms with Crippen molar-refractivity contribution in [3.05, 3.63) is 94.4 Å². The second-order valence-corrected chi connectivity index (χ2v) is 12.7. The number of nitrogens with one attached hydrogen (secondary N) is 1. The van der Waals surface area contributed by atoms with E-state index in [0.29, 0.717) is 0 Å². The molecule has 1 aliphatic heterocycles. The Labute approximate surface area is 245 Å². The van der Waals surface area contributed by atoms with Gasteiger partial charge in [0.2, 0.25) is 15.9 Å². The fourth-order valence-corrected chi connectivity index (χ4v) is 7.47. The number of rotatable bonds is 8. The van der Waals surface area contributed by atoms with Crippen LogP contribution in [0.4, 0.5) is 19.0 Å². The van der Waals surface area contributed by atoms with Crippen molar-refractivity contribution in [1.82, 2.24) is 10.3 Å². The molecule has 13 heteroatoms. The minimum absolute atomic E-state index is 0.0713. The number of sulfonamides is 1. The fraction of sp³-hybridized carbons (Fsp3) is 0.310. The lowest BCUT2D eigenvalue weighted by Crippen LogP contribution is -2.53. The van der Waals surface area contributed by atoms with Crippen molar-refractivity contribution in [3.63, 3.8) is 0 Å². The van der Waals surface area contributed by atoms with Crippen molar-refractivity contribution < 1.29 is 31.2 Å². The van der Waals surface area contributed by atoms with E-state index in [1.807, 2.05) is 6.07 Å². The van der Waals surface area contributed by atoms with Gasteiger partial charge >= 0.3 is 0 Å². The van der Waals surface area contributed by atoms with E-state index in [1.165, 1.54) is 42.6 Å². The number of amides is 1. The maximum absolute atomic E-state index is 14.6. The highest BCUT2D eigenvalue weighted by molar-refractivity contribution is 7.93. The maximum atomic E-state index is 14.6. The Kier molecular flexibility index (Phi) is 8.00. The highest BCUT2D eigenvalue weighted by atomic mass is 35.5. The average molecular weight is 617 g/mol. The third-order valence-corrected chi connectivity index (χ3v) is 9.60. The number of benzene rings is 2. The Hall–Kier alpha value is -3.95. The van der Waals surface area contributed by atoms with E-state index in [1.54, 1.807) is 12.1 Å². The molecule has 218 valence electrons. The number of hydrogen-bond donors (Lipinski definition) is 1. The van der Waals surface area contributed by atoms with Gasteiger partial charge in [-0.2, -0.15) is 5.26 Å². The van der Waals surface area contributed by atoms with Crippen molar-refractivity contribution in [2.75, 3.05) is 10.1 Å². The standard InChI is InChI=1S/C29H24ClF3N4O4S/c30-22-7-2-1-6-21(22)26(28(39)36-20-14-29(32,33)15-20)25(18-4-3-5-19(31)13-18)27(38)23-9-11-42(40,41)37(23)24-12-17(16-34)8-10-35-24/h1-8,10,12-13,20,23,25-26H,9,11,14-15H2,(H,36,39)/t23-,25?,26+/m0/s1. The van der Waals surface area contributed by atoms with Gasteiger partial charge in [0.05, 0.1) is 29.2 Å². The largest absolute Gasteiger partial charge is 0.352 e. The van der Waals surface area contributed by atoms with Crippen molar-refractivity contribution in [3.8, 4) is 6.07 Å². The zero-order chi connectivity index (χ0) is 30.2. The van der Waals surface area contributed by atoms with Crippen molar-refractivity contribution >= 4 is 39.1 Å². The van der Waals surface area contributed by atoms with E-state index in [4.69, 9.17) is 11.6 Å². The number of carbonyl (C=O) groups is 2. The number of alkyl halides is 2. The molecule has 1 saturated carbocycles. The van der Waals surface area contributed by atoms with E-state index in [-0.39, 0.29) is 34.0 Å². The van der Waals surface area contributed by atoms with Gasteiger partial charge in [-0.15, -0.1) is 0 Å². The first-order chi connectivity index (χ1) is 19.9. The molecule has 2 aromatic carbocycles. The lowest BCUT2D eigenvalue weighted by molar-refractivity contribution is -0.134. The van der Waals surface area contributed by atoms with Gasteiger partial charge in [-0.25, -0.2) is 30.9 Å². The molecule has 1 aliphatic carbocycles. The lowest BCUT2D eigenvalue weighted by Gasteiger charge is -2.37. The molecule has 5 rings (SSSR count). The second-order valence-electron chi connectivity index (χ2n) is 10.3. The Morgan fingerprint density at radius 1 is 1.10 bits per heavy atom. The van der Waals surface area contributed by atoms with E-state index in [2.05, 4.69) is 10.3 Å². The second kappa shape index (κ2) is 11.4. The Balaban J connectivity index is 1.63. The summed E-state index contributed by atoms with van der Waals surface area (Å²) < 4.78 is 69.0. The molecule has 1 saturated heterocycles. The van der Waals surface area contributed by atoms with Crippen LogP contribution >= 0.6 is 11.6 Å². The number of ketones is 1. The number of hydrogen-bond acceptors (Lipinski definition) is 6. The predicted molar refractivity (Wildman–Crippen MR) is 148 cm³/mol. The number of Topliss-reactive ketones (excluding diaryl/α,β-unsaturated/α-hetero) is 1. The van der Waals surface area contributed by atoms with Crippen LogP contribution in [0, 0.1) is 17.1 Å². The molecular formula is C29H24ClF3N4O4S. The van der Waals surface area contributed by atoms with Crippen LogP contribution in [0.1, 0.15) is 47.8 Å². The summed E-state index contributed by atoms with van der Waals surface area (Å²) in [5, 5.41) is 12.0. The summed E-state index contributed by atoms with van der Waals surface area (Å²) in [5.74, 6) is -8.64. The van der Waals surface area contributed by atoms with Crippen molar-refractivity contribution in [2.24, 2.45) is 0 Å². The minimum atomic E-state index is -4.07. The van der Waals surface area contributed by atoms with Gasteiger partial charge in [-0.3, -0.25) is 9.59 Å². The molecule has 2 fully saturated rings. The molecule has 2 aliphatic rings. The predicted octanol–water partition coefficient (Wildman–Crippen LogP) is 4.70. The molecule has 8 nitrogen and oxygen atoms in total. The molecule has 42 heavy (non-hydrogen) atoms. The van der Waals surface area contributed by atoms with Crippen LogP contribution in [-0.4, -0.2) is 48.9 Å². The molecule has 2 heterocycles. The van der Waals surface area contributed by atoms with Crippen molar-refractivity contribution in [2.45, 2.75) is 49.1 Å². The molecule has 3 atom stereocenters. The first-order valence-electron chi connectivity index (χ1n) is 13.0. The van der Waals surface area contributed by atoms with Gasteiger partial charge < -0.3 is 5.32 Å². The van der Waals surface area contributed by atoms with Crippen LogP contribution in [0.5, 0.6) is 0 Å². The van der Waals surface area contributed by atoms with Gasteiger partial charge in [0.15, 0.2) is 5.78 Å². The summed E-state index contributed by atoms with van der Waals surface area (Å²) in [4.78, 5) is 32.5. The van der Waals surface area contributed by atoms with E-state index >= 15 is 0 Å². The third kappa shape index (κ3) is 5.84. The maximum Gasteiger partial charge on any atom is 0.252 e. The van der Waals surface area contributed by atoms with Gasteiger partial charge in [0.25, 0.3) is 5.92 Å². The monoisotopic (exact) mass is 616 g/mol. The number of pyridine rings is 1. The summed E-state index contributed by atoms with van der Waals surface area (Å²) in [6.45, 7) is 0. The van der Waals surface area contributed by atoms with Crippen LogP contribution in [0.3, 0.4) is 0 Å². The zero-order valence-electron chi connectivity index (χ0n) is 21.9. The van der Waals surface area contributed by atoms with Crippen LogP contribution in [-0.2, 0) is 19.6 Å². The van der Waals surface area contributed by atoms with Crippen molar-refractivity contribution in [1.29, 1.82) is 5.26 Å². The van der Waals surface area contributed by atoms with Crippen LogP contribution < -0.4 is 9.62 Å². The molecule has 3 aromatic rings. The topological polar surface area (TPSA) is 120 Å². The average Bonchev–Trinajstić information content (AvgIpc) is 3.25. The van der Waals surface area contributed by atoms with E-state index in [0.717, 1.165) is 16.4 Å². The smallest absolute Gasteiger partial charge is 0.252 e. The molecule has 0 radical (unpaired) electrons. The molecule has 0 spiro atoms. The lowest BCUT2D eigenvalue weighted by atomic mass is 9.75. The normalized spacial score (nSPS) is 20.6. The molecule has 1 unspecified atom stereocenters. The van der Waals surface area contributed by atoms with E-state index in [9.17, 15) is 36.4 Å². The van der Waals surface area contributed by atoms with Crippen LogP contribution in [0.15, 0.2) is 66.9 Å². The van der Waals surface area contributed by atoms with E-state index < -0.39 is 76.0 Å². The van der Waals surface area contributed by atoms with Gasteiger partial charge in [0.1, 0.15) is 17.7 Å². The summed E-state index contributed by atoms with van der Waals surface area (Å²) in [7, 11) is -4.07. The number of nitrogens with zero attached hydrogens (tertiary/aromatic N) is 3. The van der Waals surface area contributed by atoms with Gasteiger partial charge in [0, 0.05) is 30.1 Å². The van der Waals surface area contributed by atoms with Crippen LogP contribution in [0.2, 0.25) is 5.02 Å². The molecule has 1 N–H and O–H groups in total. The first kappa shape index (κ1) is 29.5. The highest BCUT2D eigenvalue weighted by Crippen LogP contribution is 2.43. The fourth-order valence-electron chi connectivity index (χ4n) is 5.52.